The van der Waals surface area contributed by atoms with Crippen molar-refractivity contribution < 1.29 is 22.5 Å². The van der Waals surface area contributed by atoms with Gasteiger partial charge in [0.25, 0.3) is 10.1 Å². The molecule has 1 N–H and O–H groups in total. The molecule has 5 nitrogen and oxygen atoms in total. The minimum atomic E-state index is -4.10. The van der Waals surface area contributed by atoms with E-state index in [4.69, 9.17) is 4.55 Å². The standard InChI is InChI=1S/C8H16O5S/c1-3-4-5-8(9)13-6-7(2)14(10,11)12/h7H,3-6H2,1-2H3,(H,10,11,12). The van der Waals surface area contributed by atoms with Gasteiger partial charge in [-0.05, 0) is 13.3 Å². The van der Waals surface area contributed by atoms with E-state index in [1.807, 2.05) is 6.92 Å². The Labute approximate surface area is 84.2 Å². The third-order valence-corrected chi connectivity index (χ3v) is 2.87. The second kappa shape index (κ2) is 5.98. The van der Waals surface area contributed by atoms with Crippen molar-refractivity contribution in [2.75, 3.05) is 6.61 Å². The molecule has 0 radical (unpaired) electrons. The molecule has 0 aliphatic rings. The number of carbonyl (C=O) groups excluding carboxylic acids is 1. The molecule has 0 saturated carbocycles. The Balaban J connectivity index is 3.78. The number of hydrogen-bond donors (Lipinski definition) is 1. The van der Waals surface area contributed by atoms with Crippen molar-refractivity contribution in [3.63, 3.8) is 0 Å². The van der Waals surface area contributed by atoms with E-state index in [0.717, 1.165) is 12.8 Å². The molecule has 0 aromatic carbocycles. The van der Waals surface area contributed by atoms with E-state index in [2.05, 4.69) is 4.74 Å². The summed E-state index contributed by atoms with van der Waals surface area (Å²) in [5, 5.41) is -1.06. The summed E-state index contributed by atoms with van der Waals surface area (Å²) in [4.78, 5) is 10.9. The number of carbonyl (C=O) groups is 1. The molecule has 0 aliphatic heterocycles. The largest absolute Gasteiger partial charge is 0.464 e. The first kappa shape index (κ1) is 13.4. The highest BCUT2D eigenvalue weighted by Crippen LogP contribution is 2.01. The van der Waals surface area contributed by atoms with Gasteiger partial charge in [0, 0.05) is 6.42 Å². The fourth-order valence-electron chi connectivity index (χ4n) is 0.690. The lowest BCUT2D eigenvalue weighted by molar-refractivity contribution is -0.143. The predicted molar refractivity (Wildman–Crippen MR) is 51.5 cm³/mol. The minimum absolute atomic E-state index is 0.286. The van der Waals surface area contributed by atoms with Crippen LogP contribution in [0.15, 0.2) is 0 Å². The molecule has 0 heterocycles. The summed E-state index contributed by atoms with van der Waals surface area (Å²) >= 11 is 0. The van der Waals surface area contributed by atoms with Crippen LogP contribution in [0.3, 0.4) is 0 Å². The van der Waals surface area contributed by atoms with Gasteiger partial charge in [-0.1, -0.05) is 13.3 Å². The Morgan fingerprint density at radius 2 is 2.07 bits per heavy atom. The summed E-state index contributed by atoms with van der Waals surface area (Å²) in [6, 6.07) is 0. The van der Waals surface area contributed by atoms with Gasteiger partial charge < -0.3 is 4.74 Å². The van der Waals surface area contributed by atoms with Gasteiger partial charge in [-0.25, -0.2) is 0 Å². The van der Waals surface area contributed by atoms with Gasteiger partial charge in [0.1, 0.15) is 11.9 Å². The zero-order valence-corrected chi connectivity index (χ0v) is 9.21. The third-order valence-electron chi connectivity index (χ3n) is 1.72. The summed E-state index contributed by atoms with van der Waals surface area (Å²) < 4.78 is 34.3. The van der Waals surface area contributed by atoms with Crippen LogP contribution in [0.4, 0.5) is 0 Å². The molecule has 0 aromatic heterocycles. The molecular weight excluding hydrogens is 208 g/mol. The molecule has 1 unspecified atom stereocenters. The topological polar surface area (TPSA) is 80.7 Å². The van der Waals surface area contributed by atoms with Gasteiger partial charge in [0.15, 0.2) is 0 Å². The minimum Gasteiger partial charge on any atom is -0.464 e. The van der Waals surface area contributed by atoms with E-state index in [-0.39, 0.29) is 13.0 Å². The van der Waals surface area contributed by atoms with E-state index in [9.17, 15) is 13.2 Å². The van der Waals surface area contributed by atoms with Crippen molar-refractivity contribution in [2.24, 2.45) is 0 Å². The maximum atomic E-state index is 10.9. The SMILES string of the molecule is CCCCC(=O)OCC(C)S(=O)(=O)O. The van der Waals surface area contributed by atoms with Crippen molar-refractivity contribution in [1.29, 1.82) is 0 Å². The fraction of sp³-hybridized carbons (Fsp3) is 0.875. The monoisotopic (exact) mass is 224 g/mol. The van der Waals surface area contributed by atoms with E-state index < -0.39 is 21.3 Å². The Kier molecular flexibility index (Phi) is 5.71. The normalized spacial score (nSPS) is 13.6. The number of esters is 1. The van der Waals surface area contributed by atoms with Crippen molar-refractivity contribution in [3.8, 4) is 0 Å². The maximum absolute atomic E-state index is 10.9. The Morgan fingerprint density at radius 3 is 2.50 bits per heavy atom. The second-order valence-corrected chi connectivity index (χ2v) is 4.95. The average molecular weight is 224 g/mol. The number of unbranched alkanes of at least 4 members (excludes halogenated alkanes) is 1. The van der Waals surface area contributed by atoms with Gasteiger partial charge in [-0.3, -0.25) is 9.35 Å². The van der Waals surface area contributed by atoms with Crippen LogP contribution in [0, 0.1) is 0 Å². The lowest BCUT2D eigenvalue weighted by atomic mass is 10.2. The van der Waals surface area contributed by atoms with E-state index in [1.165, 1.54) is 6.92 Å². The highest BCUT2D eigenvalue weighted by molar-refractivity contribution is 7.86. The van der Waals surface area contributed by atoms with Crippen LogP contribution < -0.4 is 0 Å². The highest BCUT2D eigenvalue weighted by Gasteiger charge is 2.18. The van der Waals surface area contributed by atoms with Gasteiger partial charge >= 0.3 is 5.97 Å². The molecule has 0 aliphatic carbocycles. The average Bonchev–Trinajstić information content (AvgIpc) is 2.09. The van der Waals surface area contributed by atoms with Gasteiger partial charge in [-0.15, -0.1) is 0 Å². The first-order valence-corrected chi connectivity index (χ1v) is 6.00. The molecule has 0 bridgehead atoms. The number of hydrogen-bond acceptors (Lipinski definition) is 4. The Morgan fingerprint density at radius 1 is 1.50 bits per heavy atom. The number of rotatable bonds is 6. The van der Waals surface area contributed by atoms with Crippen molar-refractivity contribution in [1.82, 2.24) is 0 Å². The summed E-state index contributed by atoms with van der Waals surface area (Å²) in [6.45, 7) is 2.93. The molecule has 0 fully saturated rings. The van der Waals surface area contributed by atoms with Gasteiger partial charge in [0.2, 0.25) is 0 Å². The van der Waals surface area contributed by atoms with Crippen LogP contribution in [0.1, 0.15) is 33.1 Å². The summed E-state index contributed by atoms with van der Waals surface area (Å²) in [7, 11) is -4.10. The quantitative estimate of drug-likeness (QED) is 0.537. The third kappa shape index (κ3) is 5.93. The number of ether oxygens (including phenoxy) is 1. The first-order chi connectivity index (χ1) is 6.38. The van der Waals surface area contributed by atoms with Crippen LogP contribution in [0.5, 0.6) is 0 Å². The highest BCUT2D eigenvalue weighted by atomic mass is 32.2. The Bertz CT molecular complexity index is 269. The molecular formula is C8H16O5S. The van der Waals surface area contributed by atoms with Crippen molar-refractivity contribution in [2.45, 2.75) is 38.4 Å². The van der Waals surface area contributed by atoms with Crippen LogP contribution in [-0.4, -0.2) is 30.8 Å². The Hall–Kier alpha value is -0.620. The van der Waals surface area contributed by atoms with E-state index >= 15 is 0 Å². The lowest BCUT2D eigenvalue weighted by Gasteiger charge is -2.08. The molecule has 0 saturated heterocycles. The lowest BCUT2D eigenvalue weighted by Crippen LogP contribution is -2.24. The fourth-order valence-corrected chi connectivity index (χ4v) is 0.930. The van der Waals surface area contributed by atoms with Crippen LogP contribution >= 0.6 is 0 Å². The van der Waals surface area contributed by atoms with E-state index in [1.54, 1.807) is 0 Å². The molecule has 0 amide bonds. The van der Waals surface area contributed by atoms with Crippen LogP contribution in [0.25, 0.3) is 0 Å². The zero-order valence-electron chi connectivity index (χ0n) is 8.39. The molecule has 84 valence electrons. The molecule has 14 heavy (non-hydrogen) atoms. The van der Waals surface area contributed by atoms with Gasteiger partial charge in [0.05, 0.1) is 0 Å². The predicted octanol–water partition coefficient (Wildman–Crippen LogP) is 0.996. The smallest absolute Gasteiger partial charge is 0.305 e. The maximum Gasteiger partial charge on any atom is 0.305 e. The molecule has 0 spiro atoms. The molecule has 6 heteroatoms. The summed E-state index contributed by atoms with van der Waals surface area (Å²) in [6.07, 6.45) is 1.89. The van der Waals surface area contributed by atoms with Crippen LogP contribution in [0.2, 0.25) is 0 Å². The second-order valence-electron chi connectivity index (χ2n) is 3.11. The zero-order chi connectivity index (χ0) is 11.2. The summed E-state index contributed by atoms with van der Waals surface area (Å²) in [5.74, 6) is -0.428. The van der Waals surface area contributed by atoms with Crippen LogP contribution in [-0.2, 0) is 19.6 Å². The first-order valence-electron chi connectivity index (χ1n) is 4.49. The van der Waals surface area contributed by atoms with Crippen molar-refractivity contribution >= 4 is 16.1 Å². The van der Waals surface area contributed by atoms with E-state index in [0.29, 0.717) is 0 Å². The van der Waals surface area contributed by atoms with Gasteiger partial charge in [-0.2, -0.15) is 8.42 Å². The summed E-state index contributed by atoms with van der Waals surface area (Å²) in [5.41, 5.74) is 0. The molecule has 0 rings (SSSR count). The molecule has 0 aromatic rings. The molecule has 1 atom stereocenters. The van der Waals surface area contributed by atoms with Crippen molar-refractivity contribution in [3.05, 3.63) is 0 Å².